The number of para-hydroxylation sites is 1. The SMILES string of the molecule is Cc1ccc(S(=O)(=O)NC(=O)c2cccc(C(=O)OCCCCSNC(N)=O)c2N)cc1. The van der Waals surface area contributed by atoms with Gasteiger partial charge in [0.05, 0.1) is 28.3 Å². The predicted octanol–water partition coefficient (Wildman–Crippen LogP) is 1.95. The van der Waals surface area contributed by atoms with Crippen LogP contribution in [0.2, 0.25) is 0 Å². The number of anilines is 1. The molecule has 3 amide bonds. The van der Waals surface area contributed by atoms with Crippen LogP contribution in [0.1, 0.15) is 39.1 Å². The summed E-state index contributed by atoms with van der Waals surface area (Å²) < 4.78 is 34.4. The number of unbranched alkanes of at least 4 members (excludes halogenated alkanes) is 1. The Morgan fingerprint density at radius 1 is 1.03 bits per heavy atom. The summed E-state index contributed by atoms with van der Waals surface area (Å²) in [7, 11) is -4.11. The van der Waals surface area contributed by atoms with Gasteiger partial charge in [-0.3, -0.25) is 9.52 Å². The third-order valence-corrected chi connectivity index (χ3v) is 6.36. The van der Waals surface area contributed by atoms with Gasteiger partial charge in [0.2, 0.25) is 0 Å². The van der Waals surface area contributed by atoms with E-state index in [-0.39, 0.29) is 28.3 Å². The molecule has 10 nitrogen and oxygen atoms in total. The Hall–Kier alpha value is -3.25. The molecule has 0 aliphatic carbocycles. The molecule has 0 unspecified atom stereocenters. The van der Waals surface area contributed by atoms with E-state index in [1.54, 1.807) is 19.1 Å². The summed E-state index contributed by atoms with van der Waals surface area (Å²) in [5.41, 5.74) is 11.4. The van der Waals surface area contributed by atoms with Crippen LogP contribution in [0.4, 0.5) is 10.5 Å². The highest BCUT2D eigenvalue weighted by molar-refractivity contribution is 7.97. The van der Waals surface area contributed by atoms with Crippen LogP contribution in [0.15, 0.2) is 47.4 Å². The molecule has 0 saturated heterocycles. The molecule has 2 rings (SSSR count). The van der Waals surface area contributed by atoms with Crippen molar-refractivity contribution in [2.45, 2.75) is 24.7 Å². The van der Waals surface area contributed by atoms with E-state index in [0.29, 0.717) is 18.6 Å². The van der Waals surface area contributed by atoms with E-state index in [1.165, 1.54) is 30.3 Å². The smallest absolute Gasteiger partial charge is 0.340 e. The van der Waals surface area contributed by atoms with Crippen molar-refractivity contribution >= 4 is 45.6 Å². The molecule has 172 valence electrons. The number of nitrogens with one attached hydrogen (secondary N) is 2. The number of carbonyl (C=O) groups is 3. The number of amides is 3. The van der Waals surface area contributed by atoms with Crippen LogP contribution in [0.3, 0.4) is 0 Å². The number of urea groups is 1. The normalized spacial score (nSPS) is 10.9. The Kier molecular flexibility index (Phi) is 8.91. The molecule has 32 heavy (non-hydrogen) atoms. The summed E-state index contributed by atoms with van der Waals surface area (Å²) in [5.74, 6) is -1.11. The minimum atomic E-state index is -4.11. The van der Waals surface area contributed by atoms with Crippen LogP contribution in [0, 0.1) is 6.92 Å². The Balaban J connectivity index is 1.98. The summed E-state index contributed by atoms with van der Waals surface area (Å²) in [6.07, 6.45) is 1.20. The van der Waals surface area contributed by atoms with Crippen molar-refractivity contribution in [2.24, 2.45) is 5.73 Å². The number of primary amides is 1. The average Bonchev–Trinajstić information content (AvgIpc) is 2.72. The minimum Gasteiger partial charge on any atom is -0.462 e. The second kappa shape index (κ2) is 11.4. The molecule has 0 spiro atoms. The Bertz CT molecular complexity index is 1090. The predicted molar refractivity (Wildman–Crippen MR) is 121 cm³/mol. The topological polar surface area (TPSA) is 171 Å². The van der Waals surface area contributed by atoms with Gasteiger partial charge in [0.15, 0.2) is 0 Å². The van der Waals surface area contributed by atoms with Crippen molar-refractivity contribution in [1.82, 2.24) is 9.44 Å². The van der Waals surface area contributed by atoms with E-state index in [4.69, 9.17) is 16.2 Å². The van der Waals surface area contributed by atoms with Gasteiger partial charge in [0.1, 0.15) is 0 Å². The van der Waals surface area contributed by atoms with Crippen LogP contribution in [-0.2, 0) is 14.8 Å². The maximum atomic E-state index is 12.5. The average molecular weight is 481 g/mol. The van der Waals surface area contributed by atoms with Gasteiger partial charge < -0.3 is 16.2 Å². The summed E-state index contributed by atoms with van der Waals surface area (Å²) in [6, 6.07) is 9.45. The van der Waals surface area contributed by atoms with Gasteiger partial charge in [0, 0.05) is 5.75 Å². The van der Waals surface area contributed by atoms with Crippen molar-refractivity contribution in [3.63, 3.8) is 0 Å². The first-order valence-corrected chi connectivity index (χ1v) is 12.0. The lowest BCUT2D eigenvalue weighted by atomic mass is 10.1. The number of esters is 1. The van der Waals surface area contributed by atoms with Crippen LogP contribution >= 0.6 is 11.9 Å². The molecule has 0 aliphatic rings. The number of rotatable bonds is 10. The van der Waals surface area contributed by atoms with E-state index in [2.05, 4.69) is 4.72 Å². The first-order valence-electron chi connectivity index (χ1n) is 9.48. The first kappa shape index (κ1) is 25.0. The number of ether oxygens (including phenoxy) is 1. The first-order chi connectivity index (χ1) is 15.1. The second-order valence-electron chi connectivity index (χ2n) is 6.67. The third kappa shape index (κ3) is 7.17. The number of aryl methyl sites for hydroxylation is 1. The van der Waals surface area contributed by atoms with Gasteiger partial charge in [-0.2, -0.15) is 0 Å². The fraction of sp³-hybridized carbons (Fsp3) is 0.250. The molecule has 0 radical (unpaired) electrons. The fourth-order valence-electron chi connectivity index (χ4n) is 2.54. The lowest BCUT2D eigenvalue weighted by molar-refractivity contribution is 0.0501. The summed E-state index contributed by atoms with van der Waals surface area (Å²) in [4.78, 5) is 35.3. The van der Waals surface area contributed by atoms with E-state index in [0.717, 1.165) is 17.5 Å². The quantitative estimate of drug-likeness (QED) is 0.173. The van der Waals surface area contributed by atoms with Crippen molar-refractivity contribution in [2.75, 3.05) is 18.1 Å². The molecule has 2 aromatic rings. The van der Waals surface area contributed by atoms with Gasteiger partial charge in [-0.1, -0.05) is 23.8 Å². The molecule has 0 aromatic heterocycles. The molecule has 0 bridgehead atoms. The van der Waals surface area contributed by atoms with Gasteiger partial charge in [0.25, 0.3) is 15.9 Å². The van der Waals surface area contributed by atoms with Gasteiger partial charge >= 0.3 is 12.0 Å². The fourth-order valence-corrected chi connectivity index (χ4v) is 4.09. The van der Waals surface area contributed by atoms with E-state index in [1.807, 2.05) is 4.72 Å². The van der Waals surface area contributed by atoms with Crippen molar-refractivity contribution in [3.8, 4) is 0 Å². The van der Waals surface area contributed by atoms with Crippen LogP contribution in [0.5, 0.6) is 0 Å². The Labute approximate surface area is 190 Å². The number of hydrogen-bond donors (Lipinski definition) is 4. The zero-order valence-corrected chi connectivity index (χ0v) is 18.9. The molecule has 0 aliphatic heterocycles. The number of nitrogen functional groups attached to an aromatic ring is 1. The standard InChI is InChI=1S/C20H24N4O6S2/c1-13-7-9-14(10-8-13)32(28,29)24-18(25)15-5-4-6-16(17(15)21)19(26)30-11-2-3-12-31-23-20(22)27/h4-10H,2-3,11-12,21H2,1H3,(H,24,25)(H3,22,23,27). The molecule has 2 aromatic carbocycles. The van der Waals surface area contributed by atoms with Crippen LogP contribution in [-0.4, -0.2) is 38.7 Å². The highest BCUT2D eigenvalue weighted by Gasteiger charge is 2.23. The number of nitrogens with two attached hydrogens (primary N) is 2. The van der Waals surface area contributed by atoms with Gasteiger partial charge in [-0.25, -0.2) is 22.7 Å². The lowest BCUT2D eigenvalue weighted by Crippen LogP contribution is -2.31. The molecule has 0 atom stereocenters. The molecule has 12 heteroatoms. The maximum absolute atomic E-state index is 12.5. The number of carbonyl (C=O) groups excluding carboxylic acids is 3. The molecule has 0 fully saturated rings. The molecule has 6 N–H and O–H groups in total. The number of hydrogen-bond acceptors (Lipinski definition) is 8. The summed E-state index contributed by atoms with van der Waals surface area (Å²) >= 11 is 1.15. The van der Waals surface area contributed by atoms with Crippen molar-refractivity contribution in [3.05, 3.63) is 59.2 Å². The van der Waals surface area contributed by atoms with Gasteiger partial charge in [-0.05, 0) is 56.0 Å². The summed E-state index contributed by atoms with van der Waals surface area (Å²) in [6.45, 7) is 1.91. The zero-order chi connectivity index (χ0) is 23.7. The van der Waals surface area contributed by atoms with E-state index in [9.17, 15) is 22.8 Å². The monoisotopic (exact) mass is 480 g/mol. The molecule has 0 saturated carbocycles. The molecular weight excluding hydrogens is 456 g/mol. The van der Waals surface area contributed by atoms with Crippen molar-refractivity contribution in [1.29, 1.82) is 0 Å². The van der Waals surface area contributed by atoms with E-state index >= 15 is 0 Å². The summed E-state index contributed by atoms with van der Waals surface area (Å²) in [5, 5.41) is 0. The maximum Gasteiger partial charge on any atom is 0.340 e. The number of sulfonamides is 1. The van der Waals surface area contributed by atoms with E-state index < -0.39 is 27.9 Å². The Morgan fingerprint density at radius 3 is 2.34 bits per heavy atom. The van der Waals surface area contributed by atoms with Crippen LogP contribution in [0.25, 0.3) is 0 Å². The largest absolute Gasteiger partial charge is 0.462 e. The second-order valence-corrected chi connectivity index (χ2v) is 9.26. The zero-order valence-electron chi connectivity index (χ0n) is 17.3. The highest BCUT2D eigenvalue weighted by Crippen LogP contribution is 2.20. The lowest BCUT2D eigenvalue weighted by Gasteiger charge is -2.12. The third-order valence-electron chi connectivity index (χ3n) is 4.18. The molecular formula is C20H24N4O6S2. The Morgan fingerprint density at radius 2 is 1.69 bits per heavy atom. The minimum absolute atomic E-state index is 0.0462. The number of benzene rings is 2. The highest BCUT2D eigenvalue weighted by atomic mass is 32.2. The van der Waals surface area contributed by atoms with Crippen molar-refractivity contribution < 1.29 is 27.5 Å². The van der Waals surface area contributed by atoms with Crippen LogP contribution < -0.4 is 20.9 Å². The molecule has 0 heterocycles. The van der Waals surface area contributed by atoms with Gasteiger partial charge in [-0.15, -0.1) is 0 Å².